The zero-order chi connectivity index (χ0) is 13.7. The molecule has 0 atom stereocenters. The summed E-state index contributed by atoms with van der Waals surface area (Å²) in [5.41, 5.74) is 0. The summed E-state index contributed by atoms with van der Waals surface area (Å²) in [5.74, 6) is 0.160. The Morgan fingerprint density at radius 2 is 1.06 bits per heavy atom. The van der Waals surface area contributed by atoms with Crippen LogP contribution in [0, 0.1) is 0 Å². The molecule has 0 aromatic heterocycles. The van der Waals surface area contributed by atoms with Crippen LogP contribution >= 0.6 is 63.7 Å². The zero-order valence-corrected chi connectivity index (χ0v) is 16.2. The topological polar surface area (TPSA) is 34.1 Å². The van der Waals surface area contributed by atoms with Crippen LogP contribution < -0.4 is 0 Å². The normalized spacial score (nSPS) is 12.6. The van der Waals surface area contributed by atoms with Gasteiger partial charge in [-0.1, -0.05) is 83.0 Å². The lowest BCUT2D eigenvalue weighted by Gasteiger charge is -2.18. The quantitative estimate of drug-likeness (QED) is 0.344. The average Bonchev–Trinajstić information content (AvgIpc) is 2.16. The Morgan fingerprint density at radius 1 is 0.765 bits per heavy atom. The summed E-state index contributed by atoms with van der Waals surface area (Å²) in [6.45, 7) is 3.11. The predicted molar refractivity (Wildman–Crippen MR) is 85.6 cm³/mol. The number of hydrogen-bond acceptors (Lipinski definition) is 2. The van der Waals surface area contributed by atoms with Crippen molar-refractivity contribution in [1.29, 1.82) is 0 Å². The smallest absolute Gasteiger partial charge is 0.157 e. The SMILES string of the molecule is CC(=O)C(Br)(Br)CCCCCC(Br)(Br)C(C)=O. The van der Waals surface area contributed by atoms with E-state index in [2.05, 4.69) is 63.7 Å². The van der Waals surface area contributed by atoms with Crippen LogP contribution in [0.3, 0.4) is 0 Å². The molecule has 0 bridgehead atoms. The van der Waals surface area contributed by atoms with Crippen molar-refractivity contribution in [3.63, 3.8) is 0 Å². The second-order valence-corrected chi connectivity index (χ2v) is 11.6. The molecule has 0 radical (unpaired) electrons. The number of unbranched alkanes of at least 4 members (excludes halogenated alkanes) is 2. The Bertz CT molecular complexity index is 259. The van der Waals surface area contributed by atoms with Crippen molar-refractivity contribution >= 4 is 75.3 Å². The van der Waals surface area contributed by atoms with Crippen molar-refractivity contribution < 1.29 is 9.59 Å². The first-order valence-electron chi connectivity index (χ1n) is 5.37. The Labute approximate surface area is 136 Å². The Balaban J connectivity index is 3.81. The van der Waals surface area contributed by atoms with Gasteiger partial charge in [-0.15, -0.1) is 0 Å². The highest BCUT2D eigenvalue weighted by atomic mass is 79.9. The molecule has 0 aromatic carbocycles. The van der Waals surface area contributed by atoms with Gasteiger partial charge in [0.25, 0.3) is 0 Å². The average molecular weight is 500 g/mol. The summed E-state index contributed by atoms with van der Waals surface area (Å²) >= 11 is 13.4. The lowest BCUT2D eigenvalue weighted by molar-refractivity contribution is -0.117. The molecule has 0 aliphatic rings. The van der Waals surface area contributed by atoms with Gasteiger partial charge in [0.2, 0.25) is 0 Å². The molecule has 100 valence electrons. The molecular weight excluding hydrogens is 484 g/mol. The molecular formula is C11H16Br4O2. The number of carbonyl (C=O) groups excluding carboxylic acids is 2. The maximum atomic E-state index is 11.2. The fourth-order valence-corrected chi connectivity index (χ4v) is 2.34. The first kappa shape index (κ1) is 18.3. The molecule has 0 aliphatic carbocycles. The van der Waals surface area contributed by atoms with E-state index in [-0.39, 0.29) is 11.6 Å². The van der Waals surface area contributed by atoms with Crippen LogP contribution in [0.15, 0.2) is 0 Å². The van der Waals surface area contributed by atoms with E-state index in [4.69, 9.17) is 0 Å². The summed E-state index contributed by atoms with van der Waals surface area (Å²) in [5, 5.41) is 0. The number of alkyl halides is 4. The van der Waals surface area contributed by atoms with E-state index in [9.17, 15) is 9.59 Å². The van der Waals surface area contributed by atoms with Crippen LogP contribution in [-0.2, 0) is 9.59 Å². The number of carbonyl (C=O) groups is 2. The highest BCUT2D eigenvalue weighted by Gasteiger charge is 2.29. The van der Waals surface area contributed by atoms with Crippen molar-refractivity contribution in [2.75, 3.05) is 0 Å². The van der Waals surface area contributed by atoms with Gasteiger partial charge in [-0.3, -0.25) is 9.59 Å². The first-order valence-corrected chi connectivity index (χ1v) is 8.54. The Hall–Kier alpha value is 1.26. The summed E-state index contributed by atoms with van der Waals surface area (Å²) < 4.78 is -1.17. The van der Waals surface area contributed by atoms with Crippen LogP contribution in [0.25, 0.3) is 0 Å². The van der Waals surface area contributed by atoms with Crippen LogP contribution in [0.2, 0.25) is 0 Å². The van der Waals surface area contributed by atoms with Gasteiger partial charge in [0.15, 0.2) is 11.6 Å². The van der Waals surface area contributed by atoms with E-state index in [1.807, 2.05) is 0 Å². The lowest BCUT2D eigenvalue weighted by atomic mass is 10.1. The van der Waals surface area contributed by atoms with Crippen LogP contribution in [0.4, 0.5) is 0 Å². The van der Waals surface area contributed by atoms with E-state index in [1.54, 1.807) is 13.8 Å². The van der Waals surface area contributed by atoms with E-state index in [1.165, 1.54) is 0 Å². The van der Waals surface area contributed by atoms with Gasteiger partial charge in [-0.25, -0.2) is 0 Å². The van der Waals surface area contributed by atoms with Gasteiger partial charge < -0.3 is 0 Å². The molecule has 0 N–H and O–H groups in total. The molecule has 0 saturated heterocycles. The standard InChI is InChI=1S/C11H16Br4O2/c1-8(16)10(12,13)6-4-3-5-7-11(14,15)9(2)17/h3-7H2,1-2H3. The van der Waals surface area contributed by atoms with Gasteiger partial charge in [0, 0.05) is 0 Å². The van der Waals surface area contributed by atoms with Crippen molar-refractivity contribution in [1.82, 2.24) is 0 Å². The van der Waals surface area contributed by atoms with E-state index in [0.717, 1.165) is 32.1 Å². The molecule has 0 spiro atoms. The van der Waals surface area contributed by atoms with Gasteiger partial charge in [-0.05, 0) is 26.7 Å². The molecule has 0 amide bonds. The molecule has 0 rings (SSSR count). The highest BCUT2D eigenvalue weighted by molar-refractivity contribution is 9.26. The summed E-state index contributed by atoms with van der Waals surface area (Å²) in [6.07, 6.45) is 4.35. The molecule has 0 aromatic rings. The number of rotatable bonds is 8. The van der Waals surface area contributed by atoms with Crippen molar-refractivity contribution in [2.45, 2.75) is 52.4 Å². The first-order chi connectivity index (χ1) is 7.59. The highest BCUT2D eigenvalue weighted by Crippen LogP contribution is 2.35. The molecule has 0 aliphatic heterocycles. The monoisotopic (exact) mass is 496 g/mol. The minimum atomic E-state index is -0.583. The Morgan fingerprint density at radius 3 is 1.29 bits per heavy atom. The van der Waals surface area contributed by atoms with Crippen LogP contribution in [0.5, 0.6) is 0 Å². The number of hydrogen-bond donors (Lipinski definition) is 0. The van der Waals surface area contributed by atoms with E-state index in [0.29, 0.717) is 0 Å². The van der Waals surface area contributed by atoms with Crippen LogP contribution in [0.1, 0.15) is 46.0 Å². The second-order valence-electron chi connectivity index (χ2n) is 4.08. The molecule has 6 heteroatoms. The second kappa shape index (κ2) is 7.75. The molecule has 0 saturated carbocycles. The fourth-order valence-electron chi connectivity index (χ4n) is 1.22. The van der Waals surface area contributed by atoms with Crippen molar-refractivity contribution in [2.24, 2.45) is 0 Å². The minimum absolute atomic E-state index is 0.0802. The minimum Gasteiger partial charge on any atom is -0.297 e. The predicted octanol–water partition coefficient (Wildman–Crippen LogP) is 5.09. The maximum Gasteiger partial charge on any atom is 0.157 e. The molecule has 17 heavy (non-hydrogen) atoms. The number of halogens is 4. The third-order valence-corrected chi connectivity index (χ3v) is 6.33. The summed E-state index contributed by atoms with van der Waals surface area (Å²) in [7, 11) is 0. The lowest BCUT2D eigenvalue weighted by Crippen LogP contribution is -2.22. The molecule has 0 fully saturated rings. The number of Topliss-reactive ketones (excluding diaryl/α,β-unsaturated/α-hetero) is 2. The molecule has 2 nitrogen and oxygen atoms in total. The molecule has 0 unspecified atom stereocenters. The summed E-state index contributed by atoms with van der Waals surface area (Å²) in [6, 6.07) is 0. The van der Waals surface area contributed by atoms with E-state index < -0.39 is 6.47 Å². The number of ketones is 2. The van der Waals surface area contributed by atoms with Gasteiger partial charge in [-0.2, -0.15) is 0 Å². The van der Waals surface area contributed by atoms with E-state index >= 15 is 0 Å². The largest absolute Gasteiger partial charge is 0.297 e. The summed E-state index contributed by atoms with van der Waals surface area (Å²) in [4.78, 5) is 22.4. The molecule has 0 heterocycles. The van der Waals surface area contributed by atoms with Gasteiger partial charge >= 0.3 is 0 Å². The van der Waals surface area contributed by atoms with Gasteiger partial charge in [0.1, 0.15) is 6.47 Å². The zero-order valence-electron chi connectivity index (χ0n) is 9.86. The van der Waals surface area contributed by atoms with Crippen molar-refractivity contribution in [3.8, 4) is 0 Å². The van der Waals surface area contributed by atoms with Gasteiger partial charge in [0.05, 0.1) is 0 Å². The fraction of sp³-hybridized carbons (Fsp3) is 0.818. The Kier molecular flexibility index (Phi) is 8.33. The van der Waals surface area contributed by atoms with Crippen LogP contribution in [-0.4, -0.2) is 18.0 Å². The third kappa shape index (κ3) is 7.43. The third-order valence-electron chi connectivity index (χ3n) is 2.51. The van der Waals surface area contributed by atoms with Crippen molar-refractivity contribution in [3.05, 3.63) is 0 Å². The maximum absolute atomic E-state index is 11.2.